The third-order valence-electron chi connectivity index (χ3n) is 4.74. The van der Waals surface area contributed by atoms with E-state index in [2.05, 4.69) is 25.7 Å². The molecule has 154 valence electrons. The Morgan fingerprint density at radius 3 is 2.59 bits per heavy atom. The minimum atomic E-state index is -0.491. The Balaban J connectivity index is 1.34. The molecular weight excluding hydrogens is 372 g/mol. The molecule has 0 spiro atoms. The van der Waals surface area contributed by atoms with Crippen molar-refractivity contribution in [3.05, 3.63) is 30.5 Å². The summed E-state index contributed by atoms with van der Waals surface area (Å²) in [6.07, 6.45) is 3.00. The Bertz CT molecular complexity index is 996. The summed E-state index contributed by atoms with van der Waals surface area (Å²) in [5.74, 6) is 1.38. The lowest BCUT2D eigenvalue weighted by Crippen LogP contribution is -2.50. The molecule has 29 heavy (non-hydrogen) atoms. The molecule has 9 heteroatoms. The first kappa shape index (κ1) is 19.1. The molecule has 0 unspecified atom stereocenters. The second kappa shape index (κ2) is 7.31. The maximum atomic E-state index is 11.8. The van der Waals surface area contributed by atoms with Crippen molar-refractivity contribution in [1.29, 1.82) is 0 Å². The number of methoxy groups -OCH3 is 1. The maximum absolute atomic E-state index is 11.8. The number of aromatic nitrogens is 4. The average Bonchev–Trinajstić information content (AvgIpc) is 2.61. The molecule has 9 nitrogen and oxygen atoms in total. The van der Waals surface area contributed by atoms with Crippen LogP contribution in [0.25, 0.3) is 16.9 Å². The van der Waals surface area contributed by atoms with Gasteiger partial charge >= 0.3 is 6.09 Å². The van der Waals surface area contributed by atoms with Crippen molar-refractivity contribution in [3.63, 3.8) is 0 Å². The van der Waals surface area contributed by atoms with E-state index < -0.39 is 5.60 Å². The van der Waals surface area contributed by atoms with Crippen molar-refractivity contribution in [2.75, 3.05) is 12.4 Å². The van der Waals surface area contributed by atoms with E-state index in [4.69, 9.17) is 9.47 Å². The predicted molar refractivity (Wildman–Crippen MR) is 110 cm³/mol. The molecule has 3 aromatic rings. The van der Waals surface area contributed by atoms with Crippen LogP contribution in [0.15, 0.2) is 30.5 Å². The number of alkyl carbamates (subject to hydrolysis) is 1. The lowest BCUT2D eigenvalue weighted by Gasteiger charge is -2.36. The van der Waals surface area contributed by atoms with E-state index in [1.165, 1.54) is 0 Å². The van der Waals surface area contributed by atoms with Crippen LogP contribution >= 0.6 is 0 Å². The Hall–Kier alpha value is -3.23. The number of carbonyl (C=O) groups is 1. The summed E-state index contributed by atoms with van der Waals surface area (Å²) in [5, 5.41) is 9.43. The molecule has 1 aliphatic rings. The van der Waals surface area contributed by atoms with Crippen LogP contribution in [-0.2, 0) is 4.74 Å². The zero-order valence-corrected chi connectivity index (χ0v) is 17.0. The minimum Gasteiger partial charge on any atom is -0.497 e. The first-order valence-electron chi connectivity index (χ1n) is 9.64. The normalized spacial score (nSPS) is 18.9. The summed E-state index contributed by atoms with van der Waals surface area (Å²) in [5.41, 5.74) is 2.17. The molecule has 0 aliphatic heterocycles. The van der Waals surface area contributed by atoms with Crippen LogP contribution in [0.2, 0.25) is 0 Å². The third kappa shape index (κ3) is 4.28. The van der Waals surface area contributed by atoms with Gasteiger partial charge in [0.25, 0.3) is 0 Å². The fourth-order valence-electron chi connectivity index (χ4n) is 3.24. The Kier molecular flexibility index (Phi) is 4.81. The quantitative estimate of drug-likeness (QED) is 0.609. The topological polar surface area (TPSA) is 106 Å². The number of H-pyrrole nitrogens is 1. The first-order chi connectivity index (χ1) is 13.8. The number of ether oxygens (including phenoxy) is 2. The number of benzene rings is 1. The van der Waals surface area contributed by atoms with Crippen molar-refractivity contribution < 1.29 is 14.3 Å². The molecule has 0 atom stereocenters. The van der Waals surface area contributed by atoms with Crippen LogP contribution in [0.3, 0.4) is 0 Å². The zero-order chi connectivity index (χ0) is 20.6. The molecular formula is C20H26N6O3. The molecule has 1 amide bonds. The molecule has 0 bridgehead atoms. The van der Waals surface area contributed by atoms with Gasteiger partial charge in [-0.2, -0.15) is 4.98 Å². The van der Waals surface area contributed by atoms with Crippen molar-refractivity contribution >= 4 is 23.2 Å². The predicted octanol–water partition coefficient (Wildman–Crippen LogP) is 3.22. The summed E-state index contributed by atoms with van der Waals surface area (Å²) < 4.78 is 12.4. The van der Waals surface area contributed by atoms with Gasteiger partial charge in [0.1, 0.15) is 16.9 Å². The van der Waals surface area contributed by atoms with Gasteiger partial charge < -0.3 is 20.1 Å². The first-order valence-corrected chi connectivity index (χ1v) is 9.64. The van der Waals surface area contributed by atoms with E-state index in [1.807, 2.05) is 49.7 Å². The fourth-order valence-corrected chi connectivity index (χ4v) is 3.24. The number of aromatic amines is 1. The Morgan fingerprint density at radius 1 is 1.21 bits per heavy atom. The van der Waals surface area contributed by atoms with Gasteiger partial charge in [-0.3, -0.25) is 5.10 Å². The van der Waals surface area contributed by atoms with E-state index in [0.29, 0.717) is 5.95 Å². The minimum absolute atomic E-state index is 0.103. The number of nitrogens with zero attached hydrogens (tertiary/aromatic N) is 3. The fraction of sp³-hybridized carbons (Fsp3) is 0.450. The largest absolute Gasteiger partial charge is 0.497 e. The van der Waals surface area contributed by atoms with Gasteiger partial charge in [0.15, 0.2) is 5.65 Å². The summed E-state index contributed by atoms with van der Waals surface area (Å²) >= 11 is 0. The second-order valence-corrected chi connectivity index (χ2v) is 8.23. The standard InChI is InChI=1S/C20H26N6O3/c1-20(2,3)29-19(27)23-13-9-12(10-13)22-18-21-11-16-17(24-18)26(25-16)14-5-7-15(28-4)8-6-14/h5-8,11-13,25H,9-10H2,1-4H3,(H,23,27)(H,21,22,24)/t12-,13+. The van der Waals surface area contributed by atoms with Crippen molar-refractivity contribution in [2.45, 2.75) is 51.3 Å². The molecule has 4 rings (SSSR count). The number of carbonyl (C=O) groups excluding carboxylic acids is 1. The van der Waals surface area contributed by atoms with Crippen LogP contribution < -0.4 is 15.4 Å². The molecule has 2 aromatic heterocycles. The van der Waals surface area contributed by atoms with Crippen LogP contribution in [0, 0.1) is 0 Å². The van der Waals surface area contributed by atoms with Crippen molar-refractivity contribution in [3.8, 4) is 11.4 Å². The van der Waals surface area contributed by atoms with Gasteiger partial charge in [-0.05, 0) is 57.9 Å². The molecule has 2 heterocycles. The number of fused-ring (bicyclic) bond motifs is 1. The van der Waals surface area contributed by atoms with Crippen LogP contribution in [0.5, 0.6) is 5.75 Å². The van der Waals surface area contributed by atoms with E-state index in [0.717, 1.165) is 35.4 Å². The van der Waals surface area contributed by atoms with Crippen LogP contribution in [0.4, 0.5) is 10.7 Å². The SMILES string of the molecule is COc1ccc(-n2[nH]c3cnc(N[C@H]4C[C@@H](NC(=O)OC(C)(C)C)C4)nc32)cc1. The van der Waals surface area contributed by atoms with E-state index in [-0.39, 0.29) is 18.2 Å². The van der Waals surface area contributed by atoms with Gasteiger partial charge in [0.2, 0.25) is 5.95 Å². The van der Waals surface area contributed by atoms with Crippen molar-refractivity contribution in [2.24, 2.45) is 0 Å². The monoisotopic (exact) mass is 398 g/mol. The summed E-state index contributed by atoms with van der Waals surface area (Å²) in [6, 6.07) is 8.05. The average molecular weight is 398 g/mol. The van der Waals surface area contributed by atoms with Gasteiger partial charge in [-0.1, -0.05) is 0 Å². The number of nitrogens with one attached hydrogen (secondary N) is 3. The third-order valence-corrected chi connectivity index (χ3v) is 4.74. The number of rotatable bonds is 5. The summed E-state index contributed by atoms with van der Waals surface area (Å²) in [7, 11) is 1.64. The molecule has 0 radical (unpaired) electrons. The van der Waals surface area contributed by atoms with Gasteiger partial charge in [0.05, 0.1) is 19.0 Å². The van der Waals surface area contributed by atoms with Crippen LogP contribution in [-0.4, -0.2) is 50.6 Å². The lowest BCUT2D eigenvalue weighted by molar-refractivity contribution is 0.0475. The summed E-state index contributed by atoms with van der Waals surface area (Å²) in [6.45, 7) is 5.55. The lowest BCUT2D eigenvalue weighted by atomic mass is 9.87. The van der Waals surface area contributed by atoms with E-state index >= 15 is 0 Å². The highest BCUT2D eigenvalue weighted by Crippen LogP contribution is 2.25. The highest BCUT2D eigenvalue weighted by atomic mass is 16.6. The highest BCUT2D eigenvalue weighted by Gasteiger charge is 2.32. The highest BCUT2D eigenvalue weighted by molar-refractivity contribution is 5.75. The Morgan fingerprint density at radius 2 is 1.93 bits per heavy atom. The smallest absolute Gasteiger partial charge is 0.407 e. The number of hydrogen-bond donors (Lipinski definition) is 3. The number of hydrogen-bond acceptors (Lipinski definition) is 6. The molecule has 3 N–H and O–H groups in total. The molecule has 0 saturated heterocycles. The summed E-state index contributed by atoms with van der Waals surface area (Å²) in [4.78, 5) is 20.8. The van der Waals surface area contributed by atoms with E-state index in [9.17, 15) is 4.79 Å². The molecule has 1 aromatic carbocycles. The maximum Gasteiger partial charge on any atom is 0.407 e. The zero-order valence-electron chi connectivity index (χ0n) is 17.0. The Labute approximate surface area is 168 Å². The molecule has 1 saturated carbocycles. The van der Waals surface area contributed by atoms with Gasteiger partial charge in [-0.15, -0.1) is 0 Å². The second-order valence-electron chi connectivity index (χ2n) is 8.23. The number of anilines is 1. The molecule has 1 aliphatic carbocycles. The molecule has 1 fully saturated rings. The number of amides is 1. The van der Waals surface area contributed by atoms with Crippen LogP contribution in [0.1, 0.15) is 33.6 Å². The van der Waals surface area contributed by atoms with Gasteiger partial charge in [0, 0.05) is 12.1 Å². The van der Waals surface area contributed by atoms with Gasteiger partial charge in [-0.25, -0.2) is 14.5 Å². The van der Waals surface area contributed by atoms with Crippen molar-refractivity contribution in [1.82, 2.24) is 25.1 Å². The van der Waals surface area contributed by atoms with E-state index in [1.54, 1.807) is 13.3 Å².